The lowest BCUT2D eigenvalue weighted by Gasteiger charge is -2.28. The fourth-order valence-corrected chi connectivity index (χ4v) is 3.77. The molecule has 1 aromatic heterocycles. The Bertz CT molecular complexity index is 1140. The van der Waals surface area contributed by atoms with Crippen LogP contribution in [-0.4, -0.2) is 74.4 Å². The molecule has 0 bridgehead atoms. The minimum atomic E-state index is -0.867. The number of amides is 2. The molecule has 1 aromatic carbocycles. The van der Waals surface area contributed by atoms with E-state index in [4.69, 9.17) is 15.3 Å². The van der Waals surface area contributed by atoms with Crippen molar-refractivity contribution < 1.29 is 29.9 Å². The number of hydrogen-bond acceptors (Lipinski definition) is 7. The first kappa shape index (κ1) is 26.1. The first-order valence-corrected chi connectivity index (χ1v) is 11.5. The van der Waals surface area contributed by atoms with Gasteiger partial charge in [0.2, 0.25) is 5.91 Å². The van der Waals surface area contributed by atoms with Crippen LogP contribution in [0, 0.1) is 11.3 Å². The van der Waals surface area contributed by atoms with E-state index in [0.717, 1.165) is 10.9 Å². The van der Waals surface area contributed by atoms with Crippen molar-refractivity contribution in [1.29, 1.82) is 5.41 Å². The molecule has 2 amide bonds. The van der Waals surface area contributed by atoms with Gasteiger partial charge in [0.15, 0.2) is 0 Å². The highest BCUT2D eigenvalue weighted by atomic mass is 16.5. The van der Waals surface area contributed by atoms with Crippen LogP contribution in [0.5, 0.6) is 5.75 Å². The number of benzene rings is 1. The zero-order valence-electron chi connectivity index (χ0n) is 20.1. The number of aliphatic hydroxyl groups is 2. The van der Waals surface area contributed by atoms with Crippen LogP contribution in [0.2, 0.25) is 0 Å². The molecule has 0 fully saturated rings. The molecule has 3 rings (SSSR count). The van der Waals surface area contributed by atoms with Gasteiger partial charge in [-0.25, -0.2) is 0 Å². The number of hydrogen-bond donors (Lipinski definition) is 5. The number of aliphatic hydroxyl groups excluding tert-OH is 2. The van der Waals surface area contributed by atoms with Gasteiger partial charge in [0.25, 0.3) is 5.91 Å². The van der Waals surface area contributed by atoms with Crippen LogP contribution in [0.4, 0.5) is 0 Å². The van der Waals surface area contributed by atoms with Gasteiger partial charge < -0.3 is 30.5 Å². The lowest BCUT2D eigenvalue weighted by Crippen LogP contribution is -2.81. The Morgan fingerprint density at radius 1 is 1.40 bits per heavy atom. The van der Waals surface area contributed by atoms with Crippen molar-refractivity contribution in [3.05, 3.63) is 48.5 Å². The maximum atomic E-state index is 13.0. The minimum Gasteiger partial charge on any atom is -0.459 e. The maximum absolute atomic E-state index is 13.0. The Balaban J connectivity index is 1.65. The lowest BCUT2D eigenvalue weighted by atomic mass is 10.0. The number of nitrogens with one attached hydrogen (secondary N) is 2. The molecule has 0 saturated carbocycles. The molecule has 11 nitrogen and oxygen atoms in total. The average molecular weight is 486 g/mol. The highest BCUT2D eigenvalue weighted by Gasteiger charge is 2.35. The Hall–Kier alpha value is -3.54. The third-order valence-corrected chi connectivity index (χ3v) is 5.54. The number of nitrogens with two attached hydrogens (primary N) is 1. The predicted octanol–water partition coefficient (Wildman–Crippen LogP) is -0.383. The van der Waals surface area contributed by atoms with Crippen molar-refractivity contribution in [1.82, 2.24) is 20.0 Å². The van der Waals surface area contributed by atoms with Crippen LogP contribution in [0.15, 0.2) is 48.5 Å². The molecular formula is C24H33N6O5+. The van der Waals surface area contributed by atoms with E-state index in [1.807, 2.05) is 33.0 Å². The summed E-state index contributed by atoms with van der Waals surface area (Å²) >= 11 is 0. The number of nitrogens with zero attached hydrogens (tertiary/aromatic N) is 3. The summed E-state index contributed by atoms with van der Waals surface area (Å²) in [5, 5.41) is 35.4. The highest BCUT2D eigenvalue weighted by Crippen LogP contribution is 2.28. The molecule has 2 atom stereocenters. The molecule has 2 unspecified atom stereocenters. The van der Waals surface area contributed by atoms with Crippen LogP contribution in [-0.2, 0) is 16.6 Å². The number of ether oxygens (including phenoxy) is 1. The van der Waals surface area contributed by atoms with Crippen molar-refractivity contribution in [3.8, 4) is 5.75 Å². The van der Waals surface area contributed by atoms with Gasteiger partial charge in [-0.3, -0.25) is 19.7 Å². The Morgan fingerprint density at radius 3 is 2.89 bits per heavy atom. The second kappa shape index (κ2) is 11.7. The molecule has 35 heavy (non-hydrogen) atoms. The topological polar surface area (TPSA) is 157 Å². The minimum absolute atomic E-state index is 0.130. The molecule has 2 aromatic rings. The SMILES string of the molecule is CC(C)CC(C(=O)NC(=N)C=C[NH2+]CC(O)CO)N1CC(Oc2cccc3c2cnn3C)=CC1=O. The zero-order valence-corrected chi connectivity index (χ0v) is 20.1. The molecule has 11 heteroatoms. The van der Waals surface area contributed by atoms with Crippen LogP contribution in [0.3, 0.4) is 0 Å². The summed E-state index contributed by atoms with van der Waals surface area (Å²) in [6, 6.07) is 4.81. The number of quaternary nitrogens is 1. The number of aryl methyl sites for hydroxylation is 1. The van der Waals surface area contributed by atoms with Crippen molar-refractivity contribution in [3.63, 3.8) is 0 Å². The van der Waals surface area contributed by atoms with Crippen molar-refractivity contribution in [2.24, 2.45) is 13.0 Å². The van der Waals surface area contributed by atoms with Gasteiger partial charge >= 0.3 is 0 Å². The average Bonchev–Trinajstić information content (AvgIpc) is 3.37. The van der Waals surface area contributed by atoms with Gasteiger partial charge in [-0.1, -0.05) is 19.9 Å². The van der Waals surface area contributed by atoms with Gasteiger partial charge in [-0.05, 0) is 24.5 Å². The number of aromatic nitrogens is 2. The third-order valence-electron chi connectivity index (χ3n) is 5.54. The summed E-state index contributed by atoms with van der Waals surface area (Å²) in [6.07, 6.45) is 5.55. The van der Waals surface area contributed by atoms with Gasteiger partial charge in [-0.2, -0.15) is 5.10 Å². The van der Waals surface area contributed by atoms with E-state index >= 15 is 0 Å². The zero-order chi connectivity index (χ0) is 25.5. The van der Waals surface area contributed by atoms with E-state index in [1.165, 1.54) is 23.3 Å². The molecule has 0 saturated heterocycles. The molecule has 1 aliphatic heterocycles. The summed E-state index contributed by atoms with van der Waals surface area (Å²) < 4.78 is 7.77. The second-order valence-electron chi connectivity index (χ2n) is 8.85. The van der Waals surface area contributed by atoms with Crippen molar-refractivity contribution in [2.45, 2.75) is 32.4 Å². The predicted molar refractivity (Wildman–Crippen MR) is 129 cm³/mol. The molecular weight excluding hydrogens is 452 g/mol. The van der Waals surface area contributed by atoms with Crippen LogP contribution < -0.4 is 15.4 Å². The van der Waals surface area contributed by atoms with Crippen molar-refractivity contribution in [2.75, 3.05) is 19.7 Å². The number of carbonyl (C=O) groups is 2. The third kappa shape index (κ3) is 6.75. The van der Waals surface area contributed by atoms with E-state index in [1.54, 1.807) is 22.3 Å². The van der Waals surface area contributed by atoms with Crippen molar-refractivity contribution >= 4 is 28.6 Å². The molecule has 6 N–H and O–H groups in total. The Kier molecular flexibility index (Phi) is 8.74. The Labute approximate surface area is 203 Å². The fraction of sp³-hybridized carbons (Fsp3) is 0.417. The van der Waals surface area contributed by atoms with Crippen LogP contribution >= 0.6 is 0 Å². The Morgan fingerprint density at radius 2 is 2.17 bits per heavy atom. The van der Waals surface area contributed by atoms with Gasteiger partial charge in [0.05, 0.1) is 36.5 Å². The van der Waals surface area contributed by atoms with Crippen LogP contribution in [0.25, 0.3) is 10.9 Å². The highest BCUT2D eigenvalue weighted by molar-refractivity contribution is 6.05. The number of amidine groups is 1. The second-order valence-corrected chi connectivity index (χ2v) is 8.85. The normalized spacial score (nSPS) is 15.7. The molecule has 2 heterocycles. The lowest BCUT2D eigenvalue weighted by molar-refractivity contribution is -0.595. The number of rotatable bonds is 11. The molecule has 1 aliphatic rings. The van der Waals surface area contributed by atoms with Gasteiger partial charge in [0, 0.05) is 19.2 Å². The monoisotopic (exact) mass is 485 g/mol. The molecule has 0 radical (unpaired) electrons. The van der Waals surface area contributed by atoms with Crippen LogP contribution in [0.1, 0.15) is 20.3 Å². The van der Waals surface area contributed by atoms with E-state index in [2.05, 4.69) is 10.4 Å². The quantitative estimate of drug-likeness (QED) is 0.216. The molecule has 0 aliphatic carbocycles. The smallest absolute Gasteiger partial charge is 0.251 e. The summed E-state index contributed by atoms with van der Waals surface area (Å²) in [5.74, 6) is 0.216. The standard InChI is InChI=1S/C24H32N6O5/c1-15(2)9-20(24(34)28-22(25)7-8-26-11-16(32)14-31)30-13-17(10-23(30)33)35-21-6-4-5-19-18(21)12-27-29(19)3/h4-8,10,12,15-16,20,26,31-32H,9,11,13-14H2,1-3H3,(H2,25,28,34)/p+1. The summed E-state index contributed by atoms with van der Waals surface area (Å²) in [4.78, 5) is 27.3. The number of fused-ring (bicyclic) bond motifs is 1. The fourth-order valence-electron chi connectivity index (χ4n) is 3.77. The first-order valence-electron chi connectivity index (χ1n) is 11.5. The van der Waals surface area contributed by atoms with E-state index in [9.17, 15) is 14.7 Å². The summed E-state index contributed by atoms with van der Waals surface area (Å²) in [5.41, 5.74) is 0.899. The molecule has 0 spiro atoms. The largest absolute Gasteiger partial charge is 0.459 e. The molecule has 188 valence electrons. The van der Waals surface area contributed by atoms with E-state index in [0.29, 0.717) is 17.9 Å². The van der Waals surface area contributed by atoms with E-state index < -0.39 is 18.1 Å². The first-order chi connectivity index (χ1) is 16.7. The maximum Gasteiger partial charge on any atom is 0.251 e. The van der Waals surface area contributed by atoms with Gasteiger partial charge in [0.1, 0.15) is 36.0 Å². The van der Waals surface area contributed by atoms with E-state index in [-0.39, 0.29) is 37.4 Å². The summed E-state index contributed by atoms with van der Waals surface area (Å²) in [7, 11) is 1.84. The number of carbonyl (C=O) groups excluding carboxylic acids is 2. The van der Waals surface area contributed by atoms with Gasteiger partial charge in [-0.15, -0.1) is 0 Å². The summed E-state index contributed by atoms with van der Waals surface area (Å²) in [6.45, 7) is 3.93.